The van der Waals surface area contributed by atoms with Crippen molar-refractivity contribution in [3.8, 4) is 5.75 Å². The molecular weight excluding hydrogens is 350 g/mol. The minimum Gasteiger partial charge on any atom is -0.481 e. The predicted molar refractivity (Wildman–Crippen MR) is 93.1 cm³/mol. The molecule has 1 rings (SSSR count). The lowest BCUT2D eigenvalue weighted by molar-refractivity contribution is -0.137. The number of methoxy groups -OCH3 is 1. The van der Waals surface area contributed by atoms with Gasteiger partial charge in [0.15, 0.2) is 6.79 Å². The summed E-state index contributed by atoms with van der Waals surface area (Å²) in [6.45, 7) is 6.91. The van der Waals surface area contributed by atoms with Crippen LogP contribution in [0.15, 0.2) is 12.1 Å². The van der Waals surface area contributed by atoms with E-state index in [2.05, 4.69) is 5.32 Å². The summed E-state index contributed by atoms with van der Waals surface area (Å²) in [4.78, 5) is 23.3. The molecule has 1 aromatic carbocycles. The van der Waals surface area contributed by atoms with Crippen LogP contribution in [-0.4, -0.2) is 36.7 Å². The number of rotatable bonds is 7. The highest BCUT2D eigenvalue weighted by atomic mass is 35.5. The van der Waals surface area contributed by atoms with E-state index in [1.54, 1.807) is 39.8 Å². The van der Waals surface area contributed by atoms with Crippen LogP contribution in [0.2, 0.25) is 5.02 Å². The lowest BCUT2D eigenvalue weighted by Crippen LogP contribution is -2.36. The molecule has 0 aliphatic carbocycles. The van der Waals surface area contributed by atoms with E-state index >= 15 is 0 Å². The van der Waals surface area contributed by atoms with Gasteiger partial charge in [-0.1, -0.05) is 11.6 Å². The van der Waals surface area contributed by atoms with E-state index in [-0.39, 0.29) is 13.2 Å². The molecule has 2 N–H and O–H groups in total. The lowest BCUT2D eigenvalue weighted by atomic mass is 10.0. The van der Waals surface area contributed by atoms with Gasteiger partial charge in [0.25, 0.3) is 0 Å². The van der Waals surface area contributed by atoms with Crippen molar-refractivity contribution < 1.29 is 28.9 Å². The van der Waals surface area contributed by atoms with E-state index < -0.39 is 23.7 Å². The molecule has 0 fully saturated rings. The molecule has 1 unspecified atom stereocenters. The Bertz CT molecular complexity index is 626. The average molecular weight is 374 g/mol. The van der Waals surface area contributed by atoms with Gasteiger partial charge in [-0.15, -0.1) is 0 Å². The number of carbonyl (C=O) groups is 2. The van der Waals surface area contributed by atoms with Crippen molar-refractivity contribution in [3.63, 3.8) is 0 Å². The van der Waals surface area contributed by atoms with Crippen molar-refractivity contribution in [1.82, 2.24) is 5.32 Å². The van der Waals surface area contributed by atoms with Gasteiger partial charge in [-0.2, -0.15) is 0 Å². The fourth-order valence-electron chi connectivity index (χ4n) is 2.05. The van der Waals surface area contributed by atoms with Gasteiger partial charge >= 0.3 is 12.1 Å². The Morgan fingerprint density at radius 2 is 1.96 bits per heavy atom. The predicted octanol–water partition coefficient (Wildman–Crippen LogP) is 3.67. The number of carboxylic acid groups (broad SMARTS) is 1. The normalized spacial score (nSPS) is 12.4. The van der Waals surface area contributed by atoms with Gasteiger partial charge in [0.1, 0.15) is 11.4 Å². The highest BCUT2D eigenvalue weighted by molar-refractivity contribution is 6.31. The van der Waals surface area contributed by atoms with Crippen LogP contribution in [0.5, 0.6) is 5.75 Å². The molecule has 0 bridgehead atoms. The number of hydrogen-bond donors (Lipinski definition) is 2. The summed E-state index contributed by atoms with van der Waals surface area (Å²) in [5, 5.41) is 12.2. The second kappa shape index (κ2) is 8.92. The number of amides is 1. The molecule has 7 nitrogen and oxygen atoms in total. The van der Waals surface area contributed by atoms with Crippen molar-refractivity contribution >= 4 is 23.7 Å². The fraction of sp³-hybridized carbons (Fsp3) is 0.529. The first kappa shape index (κ1) is 21.1. The zero-order valence-corrected chi connectivity index (χ0v) is 15.8. The topological polar surface area (TPSA) is 94.1 Å². The lowest BCUT2D eigenvalue weighted by Gasteiger charge is -2.24. The van der Waals surface area contributed by atoms with Crippen molar-refractivity contribution in [2.24, 2.45) is 0 Å². The fourth-order valence-corrected chi connectivity index (χ4v) is 2.23. The van der Waals surface area contributed by atoms with Crippen LogP contribution >= 0.6 is 11.6 Å². The Kier molecular flexibility index (Phi) is 7.51. The largest absolute Gasteiger partial charge is 0.481 e. The molecule has 0 spiro atoms. The van der Waals surface area contributed by atoms with Gasteiger partial charge in [0, 0.05) is 17.7 Å². The molecule has 1 amide bonds. The first-order valence-corrected chi connectivity index (χ1v) is 8.04. The molecule has 0 heterocycles. The summed E-state index contributed by atoms with van der Waals surface area (Å²) in [6, 6.07) is 2.37. The van der Waals surface area contributed by atoms with Gasteiger partial charge in [-0.3, -0.25) is 4.79 Å². The van der Waals surface area contributed by atoms with Gasteiger partial charge < -0.3 is 24.6 Å². The molecule has 0 saturated heterocycles. The van der Waals surface area contributed by atoms with Crippen LogP contribution in [0, 0.1) is 6.92 Å². The molecule has 1 atom stereocenters. The number of carboxylic acids is 1. The number of hydrogen-bond acceptors (Lipinski definition) is 5. The van der Waals surface area contributed by atoms with Crippen LogP contribution in [0.25, 0.3) is 0 Å². The number of carbonyl (C=O) groups excluding carboxylic acids is 1. The number of alkyl carbamates (subject to hydrolysis) is 1. The number of nitrogens with one attached hydrogen (secondary N) is 1. The number of halogens is 1. The Morgan fingerprint density at radius 3 is 2.48 bits per heavy atom. The molecule has 8 heteroatoms. The number of aryl methyl sites for hydroxylation is 1. The smallest absolute Gasteiger partial charge is 0.408 e. The summed E-state index contributed by atoms with van der Waals surface area (Å²) in [5.74, 6) is -0.707. The highest BCUT2D eigenvalue weighted by Crippen LogP contribution is 2.33. The second-order valence-corrected chi connectivity index (χ2v) is 6.89. The van der Waals surface area contributed by atoms with Crippen LogP contribution in [0.4, 0.5) is 4.79 Å². The molecule has 0 saturated carbocycles. The van der Waals surface area contributed by atoms with Crippen LogP contribution in [-0.2, 0) is 14.3 Å². The minimum absolute atomic E-state index is 0.0275. The molecule has 0 radical (unpaired) electrons. The quantitative estimate of drug-likeness (QED) is 0.708. The van der Waals surface area contributed by atoms with Crippen molar-refractivity contribution in [2.75, 3.05) is 13.9 Å². The molecule has 140 valence electrons. The number of aliphatic carboxylic acids is 1. The van der Waals surface area contributed by atoms with E-state index in [4.69, 9.17) is 25.8 Å². The van der Waals surface area contributed by atoms with E-state index in [1.165, 1.54) is 7.11 Å². The standard InChI is InChI=1S/C17H24ClNO6/c1-10-6-14(24-9-23-5)11(7-12(10)18)13(8-15(20)21)19-16(22)25-17(2,3)4/h6-7,13H,8-9H2,1-5H3,(H,19,22)(H,20,21). The first-order valence-electron chi connectivity index (χ1n) is 7.66. The van der Waals surface area contributed by atoms with Crippen LogP contribution in [0.3, 0.4) is 0 Å². The monoisotopic (exact) mass is 373 g/mol. The average Bonchev–Trinajstić information content (AvgIpc) is 2.44. The van der Waals surface area contributed by atoms with E-state index in [0.717, 1.165) is 5.56 Å². The summed E-state index contributed by atoms with van der Waals surface area (Å²) < 4.78 is 15.6. The molecule has 1 aromatic rings. The van der Waals surface area contributed by atoms with Gasteiger partial charge in [-0.05, 0) is 45.4 Å². The molecular formula is C17H24ClNO6. The summed E-state index contributed by atoms with van der Waals surface area (Å²) in [5.41, 5.74) is 0.474. The summed E-state index contributed by atoms with van der Waals surface area (Å²) in [6.07, 6.45) is -1.09. The maximum atomic E-state index is 12.1. The third-order valence-corrected chi connectivity index (χ3v) is 3.48. The third kappa shape index (κ3) is 7.19. The van der Waals surface area contributed by atoms with E-state index in [1.807, 2.05) is 0 Å². The maximum absolute atomic E-state index is 12.1. The Labute approximate surface area is 152 Å². The van der Waals surface area contributed by atoms with E-state index in [9.17, 15) is 14.7 Å². The molecule has 25 heavy (non-hydrogen) atoms. The van der Waals surface area contributed by atoms with Gasteiger partial charge in [0.05, 0.1) is 12.5 Å². The third-order valence-electron chi connectivity index (χ3n) is 3.07. The van der Waals surface area contributed by atoms with Crippen LogP contribution < -0.4 is 10.1 Å². The van der Waals surface area contributed by atoms with Crippen LogP contribution in [0.1, 0.15) is 44.4 Å². The van der Waals surface area contributed by atoms with Crippen molar-refractivity contribution in [3.05, 3.63) is 28.3 Å². The molecule has 0 aliphatic heterocycles. The Morgan fingerprint density at radius 1 is 1.32 bits per heavy atom. The Hall–Kier alpha value is -1.99. The SMILES string of the molecule is COCOc1cc(C)c(Cl)cc1C(CC(=O)O)NC(=O)OC(C)(C)C. The highest BCUT2D eigenvalue weighted by Gasteiger charge is 2.25. The first-order chi connectivity index (χ1) is 11.5. The molecule has 0 aromatic heterocycles. The summed E-state index contributed by atoms with van der Waals surface area (Å²) >= 11 is 6.17. The van der Waals surface area contributed by atoms with Gasteiger partial charge in [0.2, 0.25) is 0 Å². The van der Waals surface area contributed by atoms with Crippen molar-refractivity contribution in [2.45, 2.75) is 45.8 Å². The molecule has 0 aliphatic rings. The number of ether oxygens (including phenoxy) is 3. The summed E-state index contributed by atoms with van der Waals surface area (Å²) in [7, 11) is 1.47. The Balaban J connectivity index is 3.18. The van der Waals surface area contributed by atoms with E-state index in [0.29, 0.717) is 16.3 Å². The minimum atomic E-state index is -1.09. The van der Waals surface area contributed by atoms with Crippen molar-refractivity contribution in [1.29, 1.82) is 0 Å². The van der Waals surface area contributed by atoms with Gasteiger partial charge in [-0.25, -0.2) is 4.79 Å². The second-order valence-electron chi connectivity index (χ2n) is 6.49. The maximum Gasteiger partial charge on any atom is 0.408 e. The zero-order valence-electron chi connectivity index (χ0n) is 15.0. The zero-order chi connectivity index (χ0) is 19.2. The number of benzene rings is 1.